The van der Waals surface area contributed by atoms with Gasteiger partial charge in [0.2, 0.25) is 0 Å². The average molecular weight is 322 g/mol. The molecule has 0 atom stereocenters. The van der Waals surface area contributed by atoms with E-state index >= 15 is 0 Å². The Hall–Kier alpha value is -1.98. The minimum absolute atomic E-state index is 0.0100. The van der Waals surface area contributed by atoms with Gasteiger partial charge >= 0.3 is 0 Å². The molecule has 106 valence electrons. The maximum Gasteiger partial charge on any atom is 0.261 e. The van der Waals surface area contributed by atoms with Gasteiger partial charge in [-0.1, -0.05) is 18.2 Å². The lowest BCUT2D eigenvalue weighted by Gasteiger charge is -2.05. The van der Waals surface area contributed by atoms with E-state index in [1.165, 1.54) is 18.2 Å². The van der Waals surface area contributed by atoms with Crippen LogP contribution in [0.5, 0.6) is 0 Å². The van der Waals surface area contributed by atoms with Gasteiger partial charge < -0.3 is 0 Å². The minimum atomic E-state index is -3.81. The van der Waals surface area contributed by atoms with Crippen LogP contribution < -0.4 is 0 Å². The van der Waals surface area contributed by atoms with Crippen molar-refractivity contribution >= 4 is 30.6 Å². The van der Waals surface area contributed by atoms with Crippen LogP contribution in [0.4, 0.5) is 4.39 Å². The van der Waals surface area contributed by atoms with Crippen molar-refractivity contribution in [2.45, 2.75) is 4.90 Å². The molecule has 0 fully saturated rings. The second-order valence-corrected chi connectivity index (χ2v) is 7.06. The van der Waals surface area contributed by atoms with Crippen LogP contribution in [0.25, 0.3) is 22.0 Å². The van der Waals surface area contributed by atoms with Gasteiger partial charge in [-0.25, -0.2) is 12.8 Å². The largest absolute Gasteiger partial charge is 0.261 e. The topological polar surface area (TPSA) is 47.0 Å². The molecule has 3 nitrogen and oxygen atoms in total. The number of nitrogens with zero attached hydrogens (tertiary/aromatic N) is 1. The smallest absolute Gasteiger partial charge is 0.256 e. The van der Waals surface area contributed by atoms with E-state index in [1.54, 1.807) is 36.5 Å². The fraction of sp³-hybridized carbons (Fsp3) is 0. The summed E-state index contributed by atoms with van der Waals surface area (Å²) in [5.41, 5.74) is 1.59. The third-order valence-electron chi connectivity index (χ3n) is 3.12. The van der Waals surface area contributed by atoms with Gasteiger partial charge in [0.05, 0.1) is 10.4 Å². The number of halogens is 2. The lowest BCUT2D eigenvalue weighted by atomic mass is 10.1. The number of rotatable bonds is 2. The molecule has 2 aromatic carbocycles. The second-order valence-electron chi connectivity index (χ2n) is 4.50. The van der Waals surface area contributed by atoms with Crippen molar-refractivity contribution in [1.82, 2.24) is 4.98 Å². The van der Waals surface area contributed by atoms with Crippen LogP contribution in [-0.4, -0.2) is 13.4 Å². The Morgan fingerprint density at radius 2 is 1.81 bits per heavy atom. The summed E-state index contributed by atoms with van der Waals surface area (Å²) in [5.74, 6) is -0.361. The van der Waals surface area contributed by atoms with Gasteiger partial charge in [-0.05, 0) is 30.3 Å². The third-order valence-corrected chi connectivity index (χ3v) is 4.47. The molecule has 0 spiro atoms. The van der Waals surface area contributed by atoms with E-state index in [0.717, 1.165) is 0 Å². The summed E-state index contributed by atoms with van der Waals surface area (Å²) < 4.78 is 36.5. The second kappa shape index (κ2) is 5.09. The molecule has 0 N–H and O–H groups in total. The van der Waals surface area contributed by atoms with Crippen LogP contribution >= 0.6 is 10.7 Å². The molecule has 0 aliphatic rings. The zero-order chi connectivity index (χ0) is 15.0. The molecule has 0 saturated carbocycles. The quantitative estimate of drug-likeness (QED) is 0.671. The van der Waals surface area contributed by atoms with E-state index in [4.69, 9.17) is 10.7 Å². The SMILES string of the molecule is O=S(=O)(Cl)c1ccc2ncc(-c3ccccc3F)cc2c1. The summed E-state index contributed by atoms with van der Waals surface area (Å²) in [6.07, 6.45) is 1.55. The number of aromatic nitrogens is 1. The molecule has 0 unspecified atom stereocenters. The van der Waals surface area contributed by atoms with Gasteiger partial charge in [0.25, 0.3) is 9.05 Å². The molecule has 0 radical (unpaired) electrons. The normalized spacial score (nSPS) is 11.7. The van der Waals surface area contributed by atoms with Gasteiger partial charge in [0.15, 0.2) is 0 Å². The zero-order valence-electron chi connectivity index (χ0n) is 10.6. The van der Waals surface area contributed by atoms with Crippen molar-refractivity contribution in [3.63, 3.8) is 0 Å². The van der Waals surface area contributed by atoms with Crippen LogP contribution in [0, 0.1) is 5.82 Å². The van der Waals surface area contributed by atoms with E-state index in [-0.39, 0.29) is 10.7 Å². The van der Waals surface area contributed by atoms with Crippen LogP contribution in [0.3, 0.4) is 0 Å². The molecule has 0 bridgehead atoms. The van der Waals surface area contributed by atoms with E-state index in [1.807, 2.05) is 0 Å². The van der Waals surface area contributed by atoms with Crippen molar-refractivity contribution in [3.8, 4) is 11.1 Å². The Kier molecular flexibility index (Phi) is 3.39. The van der Waals surface area contributed by atoms with Gasteiger partial charge in [-0.2, -0.15) is 0 Å². The Labute approximate surface area is 125 Å². The molecule has 0 amide bonds. The number of pyridine rings is 1. The number of benzene rings is 2. The van der Waals surface area contributed by atoms with Gasteiger partial charge in [-0.15, -0.1) is 0 Å². The highest BCUT2D eigenvalue weighted by Gasteiger charge is 2.12. The van der Waals surface area contributed by atoms with Crippen molar-refractivity contribution < 1.29 is 12.8 Å². The maximum atomic E-state index is 13.8. The lowest BCUT2D eigenvalue weighted by molar-refractivity contribution is 0.609. The number of fused-ring (bicyclic) bond motifs is 1. The van der Waals surface area contributed by atoms with Crippen LogP contribution in [0.2, 0.25) is 0 Å². The van der Waals surface area contributed by atoms with Crippen LogP contribution in [-0.2, 0) is 9.05 Å². The molecule has 0 aliphatic carbocycles. The molecule has 3 rings (SSSR count). The molecule has 1 aromatic heterocycles. The number of hydrogen-bond donors (Lipinski definition) is 0. The fourth-order valence-electron chi connectivity index (χ4n) is 2.10. The fourth-order valence-corrected chi connectivity index (χ4v) is 2.89. The Morgan fingerprint density at radius 3 is 2.52 bits per heavy atom. The standard InChI is InChI=1S/C15H9ClFNO2S/c16-21(19,20)12-5-6-15-10(8-12)7-11(9-18-15)13-3-1-2-4-14(13)17/h1-9H. The highest BCUT2D eigenvalue weighted by Crippen LogP contribution is 2.27. The first kappa shape index (κ1) is 14.0. The molecular formula is C15H9ClFNO2S. The van der Waals surface area contributed by atoms with E-state index in [2.05, 4.69) is 4.98 Å². The first-order valence-corrected chi connectivity index (χ1v) is 8.35. The predicted molar refractivity (Wildman–Crippen MR) is 80.2 cm³/mol. The van der Waals surface area contributed by atoms with Crippen molar-refractivity contribution in [3.05, 3.63) is 60.5 Å². The lowest BCUT2D eigenvalue weighted by Crippen LogP contribution is -1.92. The summed E-state index contributed by atoms with van der Waals surface area (Å²) in [7, 11) is 1.52. The molecule has 3 aromatic rings. The van der Waals surface area contributed by atoms with E-state index in [9.17, 15) is 12.8 Å². The summed E-state index contributed by atoms with van der Waals surface area (Å²) in [6, 6.07) is 12.4. The monoisotopic (exact) mass is 321 g/mol. The Bertz CT molecular complexity index is 941. The van der Waals surface area contributed by atoms with E-state index < -0.39 is 9.05 Å². The highest BCUT2D eigenvalue weighted by atomic mass is 35.7. The molecule has 21 heavy (non-hydrogen) atoms. The summed E-state index contributed by atoms with van der Waals surface area (Å²) in [5, 5.41) is 0.581. The van der Waals surface area contributed by atoms with Gasteiger partial charge in [-0.3, -0.25) is 4.98 Å². The molecule has 6 heteroatoms. The van der Waals surface area contributed by atoms with Gasteiger partial charge in [0.1, 0.15) is 5.82 Å². The molecule has 0 saturated heterocycles. The molecule has 1 heterocycles. The summed E-state index contributed by atoms with van der Waals surface area (Å²) >= 11 is 0. The highest BCUT2D eigenvalue weighted by molar-refractivity contribution is 8.13. The first-order chi connectivity index (χ1) is 9.95. The minimum Gasteiger partial charge on any atom is -0.256 e. The van der Waals surface area contributed by atoms with Crippen LogP contribution in [0.15, 0.2) is 59.6 Å². The summed E-state index contributed by atoms with van der Waals surface area (Å²) in [4.78, 5) is 4.21. The average Bonchev–Trinajstić information content (AvgIpc) is 2.45. The zero-order valence-corrected chi connectivity index (χ0v) is 12.2. The van der Waals surface area contributed by atoms with Crippen LogP contribution in [0.1, 0.15) is 0 Å². The number of hydrogen-bond acceptors (Lipinski definition) is 3. The maximum absolute atomic E-state index is 13.8. The first-order valence-electron chi connectivity index (χ1n) is 6.04. The Morgan fingerprint density at radius 1 is 1.05 bits per heavy atom. The molecular weight excluding hydrogens is 313 g/mol. The van der Waals surface area contributed by atoms with Gasteiger partial charge in [0, 0.05) is 33.4 Å². The van der Waals surface area contributed by atoms with Crippen molar-refractivity contribution in [2.75, 3.05) is 0 Å². The molecule has 0 aliphatic heterocycles. The Balaban J connectivity index is 2.22. The summed E-state index contributed by atoms with van der Waals surface area (Å²) in [6.45, 7) is 0. The van der Waals surface area contributed by atoms with Crippen molar-refractivity contribution in [2.24, 2.45) is 0 Å². The third kappa shape index (κ3) is 2.75. The predicted octanol–water partition coefficient (Wildman–Crippen LogP) is 3.97. The van der Waals surface area contributed by atoms with Crippen molar-refractivity contribution in [1.29, 1.82) is 0 Å². The van der Waals surface area contributed by atoms with E-state index in [0.29, 0.717) is 22.0 Å².